The van der Waals surface area contributed by atoms with Crippen LogP contribution >= 0.6 is 11.8 Å². The first kappa shape index (κ1) is 15.1. The number of nitrogens with one attached hydrogen (secondary N) is 1. The molecular weight excluding hydrogens is 244 g/mol. The number of primary amides is 1. The number of hydrogen-bond donors (Lipinski definition) is 2. The average Bonchev–Trinajstić information content (AvgIpc) is 2.37. The van der Waals surface area contributed by atoms with Crippen molar-refractivity contribution in [2.75, 3.05) is 11.5 Å². The molecule has 0 saturated heterocycles. The van der Waals surface area contributed by atoms with Crippen LogP contribution in [-0.2, 0) is 6.54 Å². The molecule has 1 aromatic carbocycles. The Morgan fingerprint density at radius 2 is 2.28 bits per heavy atom. The zero-order valence-corrected chi connectivity index (χ0v) is 11.9. The van der Waals surface area contributed by atoms with Crippen LogP contribution in [0, 0.1) is 0 Å². The molecule has 0 aliphatic carbocycles. The zero-order valence-electron chi connectivity index (χ0n) is 11.1. The van der Waals surface area contributed by atoms with Crippen molar-refractivity contribution < 1.29 is 4.79 Å². The van der Waals surface area contributed by atoms with Crippen molar-refractivity contribution >= 4 is 17.7 Å². The molecule has 0 saturated carbocycles. The van der Waals surface area contributed by atoms with Gasteiger partial charge in [0.25, 0.3) is 0 Å². The van der Waals surface area contributed by atoms with Crippen molar-refractivity contribution in [2.45, 2.75) is 32.9 Å². The van der Waals surface area contributed by atoms with E-state index in [0.29, 0.717) is 11.6 Å². The first-order valence-electron chi connectivity index (χ1n) is 6.33. The number of thioether (sulfide) groups is 1. The normalized spacial score (nSPS) is 12.3. The maximum atomic E-state index is 11.1. The van der Waals surface area contributed by atoms with Crippen molar-refractivity contribution in [1.82, 2.24) is 5.32 Å². The Morgan fingerprint density at radius 1 is 1.50 bits per heavy atom. The molecule has 3 N–H and O–H groups in total. The second kappa shape index (κ2) is 8.16. The Balaban J connectivity index is 2.38. The smallest absolute Gasteiger partial charge is 0.248 e. The van der Waals surface area contributed by atoms with Crippen LogP contribution in [0.15, 0.2) is 24.3 Å². The Labute approximate surface area is 114 Å². The maximum absolute atomic E-state index is 11.1. The van der Waals surface area contributed by atoms with Gasteiger partial charge in [-0.15, -0.1) is 0 Å². The third-order valence-corrected chi connectivity index (χ3v) is 3.70. The summed E-state index contributed by atoms with van der Waals surface area (Å²) in [7, 11) is 0. The fraction of sp³-hybridized carbons (Fsp3) is 0.500. The second-order valence-electron chi connectivity index (χ2n) is 4.33. The van der Waals surface area contributed by atoms with E-state index in [1.54, 1.807) is 6.07 Å². The molecule has 3 nitrogen and oxygen atoms in total. The van der Waals surface area contributed by atoms with Crippen LogP contribution < -0.4 is 11.1 Å². The highest BCUT2D eigenvalue weighted by Crippen LogP contribution is 2.07. The van der Waals surface area contributed by atoms with Crippen LogP contribution in [0.2, 0.25) is 0 Å². The lowest BCUT2D eigenvalue weighted by Crippen LogP contribution is -2.26. The molecule has 100 valence electrons. The van der Waals surface area contributed by atoms with E-state index < -0.39 is 0 Å². The van der Waals surface area contributed by atoms with E-state index in [1.165, 1.54) is 11.5 Å². The highest BCUT2D eigenvalue weighted by Gasteiger charge is 2.04. The van der Waals surface area contributed by atoms with Crippen molar-refractivity contribution in [1.29, 1.82) is 0 Å². The lowest BCUT2D eigenvalue weighted by Gasteiger charge is -2.13. The van der Waals surface area contributed by atoms with E-state index in [4.69, 9.17) is 5.73 Å². The van der Waals surface area contributed by atoms with Gasteiger partial charge < -0.3 is 11.1 Å². The Hall–Kier alpha value is -1.00. The summed E-state index contributed by atoms with van der Waals surface area (Å²) in [5.41, 5.74) is 6.93. The van der Waals surface area contributed by atoms with Gasteiger partial charge in [0, 0.05) is 18.2 Å². The van der Waals surface area contributed by atoms with Gasteiger partial charge in [0.1, 0.15) is 0 Å². The van der Waals surface area contributed by atoms with Gasteiger partial charge in [0.05, 0.1) is 0 Å². The molecular formula is C14H22N2OS. The molecule has 1 atom stereocenters. The lowest BCUT2D eigenvalue weighted by atomic mass is 10.1. The minimum atomic E-state index is -0.371. The van der Waals surface area contributed by atoms with Crippen LogP contribution in [0.4, 0.5) is 0 Å². The summed E-state index contributed by atoms with van der Waals surface area (Å²) in [6, 6.07) is 7.96. The fourth-order valence-electron chi connectivity index (χ4n) is 1.63. The van der Waals surface area contributed by atoms with Crippen LogP contribution in [0.5, 0.6) is 0 Å². The maximum Gasteiger partial charge on any atom is 0.248 e. The molecule has 0 heterocycles. The number of hydrogen-bond acceptors (Lipinski definition) is 3. The summed E-state index contributed by atoms with van der Waals surface area (Å²) in [6.07, 6.45) is 1.16. The lowest BCUT2D eigenvalue weighted by molar-refractivity contribution is 0.1000. The quantitative estimate of drug-likeness (QED) is 0.710. The van der Waals surface area contributed by atoms with Gasteiger partial charge in [-0.3, -0.25) is 4.79 Å². The van der Waals surface area contributed by atoms with E-state index in [9.17, 15) is 4.79 Å². The monoisotopic (exact) mass is 266 g/mol. The Bertz CT molecular complexity index is 382. The standard InChI is InChI=1S/C14H22N2OS/c1-3-18-8-7-11(2)16-10-12-5-4-6-13(9-12)14(15)17/h4-6,9,11,16H,3,7-8,10H2,1-2H3,(H2,15,17). The summed E-state index contributed by atoms with van der Waals surface area (Å²) in [4.78, 5) is 11.1. The molecule has 0 aliphatic rings. The third kappa shape index (κ3) is 5.56. The molecule has 0 aromatic heterocycles. The van der Waals surface area contributed by atoms with Gasteiger partial charge in [-0.2, -0.15) is 11.8 Å². The number of nitrogens with two attached hydrogens (primary N) is 1. The van der Waals surface area contributed by atoms with E-state index in [1.807, 2.05) is 30.0 Å². The fourth-order valence-corrected chi connectivity index (χ4v) is 2.44. The van der Waals surface area contributed by atoms with E-state index in [-0.39, 0.29) is 5.91 Å². The second-order valence-corrected chi connectivity index (χ2v) is 5.73. The third-order valence-electron chi connectivity index (χ3n) is 2.77. The van der Waals surface area contributed by atoms with Crippen molar-refractivity contribution in [3.63, 3.8) is 0 Å². The van der Waals surface area contributed by atoms with Crippen LogP contribution in [-0.4, -0.2) is 23.5 Å². The molecule has 18 heavy (non-hydrogen) atoms. The molecule has 0 fully saturated rings. The van der Waals surface area contributed by atoms with Gasteiger partial charge in [0.15, 0.2) is 0 Å². The molecule has 1 rings (SSSR count). The van der Waals surface area contributed by atoms with Gasteiger partial charge in [-0.25, -0.2) is 0 Å². The van der Waals surface area contributed by atoms with Crippen LogP contribution in [0.1, 0.15) is 36.2 Å². The number of rotatable bonds is 8. The van der Waals surface area contributed by atoms with E-state index in [0.717, 1.165) is 18.5 Å². The van der Waals surface area contributed by atoms with E-state index in [2.05, 4.69) is 19.2 Å². The van der Waals surface area contributed by atoms with Gasteiger partial charge >= 0.3 is 0 Å². The largest absolute Gasteiger partial charge is 0.366 e. The number of amides is 1. The minimum Gasteiger partial charge on any atom is -0.366 e. The summed E-state index contributed by atoms with van der Waals surface area (Å²) >= 11 is 1.96. The zero-order chi connectivity index (χ0) is 13.4. The summed E-state index contributed by atoms with van der Waals surface area (Å²) in [5, 5.41) is 3.46. The Morgan fingerprint density at radius 3 is 2.94 bits per heavy atom. The average molecular weight is 266 g/mol. The highest BCUT2D eigenvalue weighted by molar-refractivity contribution is 7.99. The Kier molecular flexibility index (Phi) is 6.83. The number of benzene rings is 1. The molecule has 0 bridgehead atoms. The molecule has 0 aliphatic heterocycles. The highest BCUT2D eigenvalue weighted by atomic mass is 32.2. The first-order chi connectivity index (χ1) is 8.63. The minimum absolute atomic E-state index is 0.371. The number of carbonyl (C=O) groups excluding carboxylic acids is 1. The SMILES string of the molecule is CCSCCC(C)NCc1cccc(C(N)=O)c1. The summed E-state index contributed by atoms with van der Waals surface area (Å²) < 4.78 is 0. The van der Waals surface area contributed by atoms with E-state index >= 15 is 0 Å². The van der Waals surface area contributed by atoms with Crippen LogP contribution in [0.25, 0.3) is 0 Å². The van der Waals surface area contributed by atoms with Gasteiger partial charge in [-0.05, 0) is 42.5 Å². The van der Waals surface area contributed by atoms with Crippen molar-refractivity contribution in [3.05, 3.63) is 35.4 Å². The molecule has 0 spiro atoms. The predicted molar refractivity (Wildman–Crippen MR) is 78.9 cm³/mol. The molecule has 4 heteroatoms. The van der Waals surface area contributed by atoms with Gasteiger partial charge in [0.2, 0.25) is 5.91 Å². The van der Waals surface area contributed by atoms with Gasteiger partial charge in [-0.1, -0.05) is 19.1 Å². The van der Waals surface area contributed by atoms with Crippen LogP contribution in [0.3, 0.4) is 0 Å². The summed E-state index contributed by atoms with van der Waals surface area (Å²) in [5.74, 6) is 1.99. The predicted octanol–water partition coefficient (Wildman–Crippen LogP) is 2.41. The molecule has 1 aromatic rings. The number of carbonyl (C=O) groups is 1. The van der Waals surface area contributed by atoms with Crippen molar-refractivity contribution in [2.24, 2.45) is 5.73 Å². The van der Waals surface area contributed by atoms with Crippen molar-refractivity contribution in [3.8, 4) is 0 Å². The summed E-state index contributed by atoms with van der Waals surface area (Å²) in [6.45, 7) is 5.14. The molecule has 1 amide bonds. The topological polar surface area (TPSA) is 55.1 Å². The first-order valence-corrected chi connectivity index (χ1v) is 7.48. The molecule has 0 radical (unpaired) electrons. The molecule has 1 unspecified atom stereocenters.